The predicted octanol–water partition coefficient (Wildman–Crippen LogP) is 2.21. The summed E-state index contributed by atoms with van der Waals surface area (Å²) in [6, 6.07) is 0. The maximum atomic E-state index is 3.56. The van der Waals surface area contributed by atoms with Crippen LogP contribution in [0.5, 0.6) is 0 Å². The first-order valence-corrected chi connectivity index (χ1v) is 2.36. The highest BCUT2D eigenvalue weighted by molar-refractivity contribution is 14.0. The highest BCUT2D eigenvalue weighted by atomic mass is 127. The molecule has 0 N–H and O–H groups in total. The van der Waals surface area contributed by atoms with Crippen LogP contribution in [0, 0.1) is 0 Å². The maximum absolute atomic E-state index is 3.56. The normalized spacial score (nSPS) is 6.62. The van der Waals surface area contributed by atoms with Gasteiger partial charge < -0.3 is 4.90 Å². The van der Waals surface area contributed by atoms with Crippen molar-refractivity contribution in [1.29, 1.82) is 0 Å². The van der Waals surface area contributed by atoms with E-state index in [1.54, 1.807) is 12.4 Å². The van der Waals surface area contributed by atoms with E-state index in [9.17, 15) is 0 Å². The minimum Gasteiger partial charge on any atom is -0.356 e. The molecule has 2 heteroatoms. The molecule has 0 heterocycles. The van der Waals surface area contributed by atoms with Crippen LogP contribution in [0.3, 0.4) is 0 Å². The van der Waals surface area contributed by atoms with Crippen LogP contribution in [0.4, 0.5) is 0 Å². The molecule has 0 rings (SSSR count). The van der Waals surface area contributed by atoms with Crippen LogP contribution >= 0.6 is 24.0 Å². The van der Waals surface area contributed by atoms with Gasteiger partial charge in [0.2, 0.25) is 0 Å². The molecule has 0 fully saturated rings. The maximum Gasteiger partial charge on any atom is 0.0190 e. The van der Waals surface area contributed by atoms with Gasteiger partial charge in [-0.05, 0) is 19.3 Å². The van der Waals surface area contributed by atoms with Crippen molar-refractivity contribution in [2.24, 2.45) is 0 Å². The largest absolute Gasteiger partial charge is 0.356 e. The van der Waals surface area contributed by atoms with Crippen molar-refractivity contribution in [1.82, 2.24) is 4.90 Å². The van der Waals surface area contributed by atoms with Gasteiger partial charge in [-0.3, -0.25) is 0 Å². The standard InChI is InChI=1S/C6H11N.HI/c1-4-7(5-2)6-3;/h4-5H,1-2,6H2,3H3;1H. The summed E-state index contributed by atoms with van der Waals surface area (Å²) in [7, 11) is 0. The van der Waals surface area contributed by atoms with Crippen molar-refractivity contribution in [3.8, 4) is 0 Å². The summed E-state index contributed by atoms with van der Waals surface area (Å²) in [5, 5.41) is 0. The Balaban J connectivity index is 0. The van der Waals surface area contributed by atoms with Gasteiger partial charge in [0, 0.05) is 6.54 Å². The van der Waals surface area contributed by atoms with Gasteiger partial charge in [-0.15, -0.1) is 24.0 Å². The van der Waals surface area contributed by atoms with E-state index in [1.807, 2.05) is 11.8 Å². The van der Waals surface area contributed by atoms with Gasteiger partial charge in [0.25, 0.3) is 0 Å². The minimum atomic E-state index is 0. The SMILES string of the molecule is C=CN(C=C)CC.I. The minimum absolute atomic E-state index is 0. The fourth-order valence-electron chi connectivity index (χ4n) is 0.333. The Morgan fingerprint density at radius 2 is 1.75 bits per heavy atom. The van der Waals surface area contributed by atoms with E-state index in [1.165, 1.54) is 0 Å². The van der Waals surface area contributed by atoms with Crippen molar-refractivity contribution in [2.75, 3.05) is 6.54 Å². The third kappa shape index (κ3) is 4.18. The lowest BCUT2D eigenvalue weighted by Gasteiger charge is -2.08. The highest BCUT2D eigenvalue weighted by Crippen LogP contribution is 1.83. The molecule has 0 saturated heterocycles. The molecule has 0 amide bonds. The third-order valence-electron chi connectivity index (χ3n) is 0.834. The van der Waals surface area contributed by atoms with Crippen LogP contribution in [0.2, 0.25) is 0 Å². The number of hydrogen-bond donors (Lipinski definition) is 0. The molecule has 8 heavy (non-hydrogen) atoms. The molecule has 0 radical (unpaired) electrons. The van der Waals surface area contributed by atoms with E-state index >= 15 is 0 Å². The van der Waals surface area contributed by atoms with Gasteiger partial charge in [0.15, 0.2) is 0 Å². The molecular weight excluding hydrogens is 213 g/mol. The second kappa shape index (κ2) is 7.01. The van der Waals surface area contributed by atoms with E-state index < -0.39 is 0 Å². The zero-order valence-electron chi connectivity index (χ0n) is 5.13. The van der Waals surface area contributed by atoms with E-state index in [4.69, 9.17) is 0 Å². The Bertz CT molecular complexity index is 62.9. The molecular formula is C6H12IN. The molecule has 0 unspecified atom stereocenters. The lowest BCUT2D eigenvalue weighted by atomic mass is 10.6. The first-order valence-electron chi connectivity index (χ1n) is 2.36. The molecule has 0 aromatic heterocycles. The summed E-state index contributed by atoms with van der Waals surface area (Å²) in [5.74, 6) is 0. The van der Waals surface area contributed by atoms with Gasteiger partial charge in [-0.2, -0.15) is 0 Å². The summed E-state index contributed by atoms with van der Waals surface area (Å²) < 4.78 is 0. The highest BCUT2D eigenvalue weighted by Gasteiger charge is 1.79. The number of nitrogens with zero attached hydrogens (tertiary/aromatic N) is 1. The molecule has 0 aliphatic rings. The van der Waals surface area contributed by atoms with Crippen molar-refractivity contribution >= 4 is 24.0 Å². The van der Waals surface area contributed by atoms with Gasteiger partial charge in [0.05, 0.1) is 0 Å². The Morgan fingerprint density at radius 1 is 1.38 bits per heavy atom. The van der Waals surface area contributed by atoms with Crippen LogP contribution in [-0.4, -0.2) is 11.4 Å². The topological polar surface area (TPSA) is 3.24 Å². The Hall–Kier alpha value is 0.01000. The molecule has 0 aromatic carbocycles. The van der Waals surface area contributed by atoms with E-state index in [0.717, 1.165) is 6.54 Å². The number of halogens is 1. The van der Waals surface area contributed by atoms with Crippen LogP contribution in [0.1, 0.15) is 6.92 Å². The monoisotopic (exact) mass is 225 g/mol. The molecule has 0 aromatic rings. The lowest BCUT2D eigenvalue weighted by Crippen LogP contribution is -2.05. The van der Waals surface area contributed by atoms with Gasteiger partial charge in [-0.25, -0.2) is 0 Å². The zero-order chi connectivity index (χ0) is 5.70. The van der Waals surface area contributed by atoms with Crippen LogP contribution in [0.15, 0.2) is 25.6 Å². The first-order chi connectivity index (χ1) is 3.35. The Labute approximate surface area is 68.1 Å². The summed E-state index contributed by atoms with van der Waals surface area (Å²) in [6.45, 7) is 10.1. The molecule has 48 valence electrons. The molecule has 0 spiro atoms. The fraction of sp³-hybridized carbons (Fsp3) is 0.333. The average Bonchev–Trinajstić information content (AvgIpc) is 1.72. The van der Waals surface area contributed by atoms with Gasteiger partial charge >= 0.3 is 0 Å². The van der Waals surface area contributed by atoms with E-state index in [0.29, 0.717) is 0 Å². The third-order valence-corrected chi connectivity index (χ3v) is 0.834. The second-order valence-corrected chi connectivity index (χ2v) is 1.20. The first kappa shape index (κ1) is 10.9. The quantitative estimate of drug-likeness (QED) is 0.665. The van der Waals surface area contributed by atoms with E-state index in [-0.39, 0.29) is 24.0 Å². The molecule has 0 aliphatic carbocycles. The molecule has 1 nitrogen and oxygen atoms in total. The zero-order valence-corrected chi connectivity index (χ0v) is 7.46. The fourth-order valence-corrected chi connectivity index (χ4v) is 0.333. The molecule has 0 saturated carbocycles. The summed E-state index contributed by atoms with van der Waals surface area (Å²) in [5.41, 5.74) is 0. The van der Waals surface area contributed by atoms with Crippen molar-refractivity contribution in [2.45, 2.75) is 6.92 Å². The van der Waals surface area contributed by atoms with Crippen LogP contribution in [0.25, 0.3) is 0 Å². The van der Waals surface area contributed by atoms with Gasteiger partial charge in [-0.1, -0.05) is 13.2 Å². The van der Waals surface area contributed by atoms with Crippen molar-refractivity contribution < 1.29 is 0 Å². The molecule has 0 atom stereocenters. The lowest BCUT2D eigenvalue weighted by molar-refractivity contribution is 0.540. The van der Waals surface area contributed by atoms with Crippen molar-refractivity contribution in [3.63, 3.8) is 0 Å². The Kier molecular flexibility index (Phi) is 9.55. The van der Waals surface area contributed by atoms with Crippen molar-refractivity contribution in [3.05, 3.63) is 25.6 Å². The molecule has 0 bridgehead atoms. The molecule has 0 aliphatic heterocycles. The summed E-state index contributed by atoms with van der Waals surface area (Å²) in [4.78, 5) is 1.90. The summed E-state index contributed by atoms with van der Waals surface area (Å²) >= 11 is 0. The van der Waals surface area contributed by atoms with Gasteiger partial charge in [0.1, 0.15) is 0 Å². The van der Waals surface area contributed by atoms with Crippen LogP contribution < -0.4 is 0 Å². The number of hydrogen-bond acceptors (Lipinski definition) is 1. The van der Waals surface area contributed by atoms with E-state index in [2.05, 4.69) is 13.2 Å². The second-order valence-electron chi connectivity index (χ2n) is 1.20. The number of rotatable bonds is 3. The van der Waals surface area contributed by atoms with Crippen LogP contribution in [-0.2, 0) is 0 Å². The average molecular weight is 225 g/mol. The smallest absolute Gasteiger partial charge is 0.0190 e. The Morgan fingerprint density at radius 3 is 1.75 bits per heavy atom. The summed E-state index contributed by atoms with van der Waals surface area (Å²) in [6.07, 6.45) is 3.49. The predicted molar refractivity (Wildman–Crippen MR) is 48.2 cm³/mol.